The predicted molar refractivity (Wildman–Crippen MR) is 114 cm³/mol. The maximum atomic E-state index is 14.1. The summed E-state index contributed by atoms with van der Waals surface area (Å²) < 4.78 is 14.1. The number of anilines is 3. The van der Waals surface area contributed by atoms with E-state index in [0.717, 1.165) is 47.6 Å². The van der Waals surface area contributed by atoms with Crippen LogP contribution in [0.15, 0.2) is 36.4 Å². The maximum absolute atomic E-state index is 14.1. The lowest BCUT2D eigenvalue weighted by Gasteiger charge is -2.22. The number of rotatable bonds is 3. The van der Waals surface area contributed by atoms with Gasteiger partial charge in [-0.15, -0.1) is 0 Å². The molecule has 0 radical (unpaired) electrons. The summed E-state index contributed by atoms with van der Waals surface area (Å²) in [5.41, 5.74) is 4.27. The third-order valence-corrected chi connectivity index (χ3v) is 6.66. The van der Waals surface area contributed by atoms with Crippen LogP contribution in [0.2, 0.25) is 0 Å². The number of amides is 1. The second kappa shape index (κ2) is 7.02. The van der Waals surface area contributed by atoms with Gasteiger partial charge in [0, 0.05) is 55.2 Å². The molecule has 2 aromatic carbocycles. The molecule has 152 valence electrons. The van der Waals surface area contributed by atoms with Crippen LogP contribution < -0.4 is 15.5 Å². The lowest BCUT2D eigenvalue weighted by atomic mass is 10.0. The Balaban J connectivity index is 1.26. The average Bonchev–Trinajstić information content (AvgIpc) is 3.38. The van der Waals surface area contributed by atoms with E-state index in [1.165, 1.54) is 19.2 Å². The summed E-state index contributed by atoms with van der Waals surface area (Å²) >= 11 is 0. The number of carbonyl (C=O) groups excluding carboxylic acids is 1. The summed E-state index contributed by atoms with van der Waals surface area (Å²) in [6, 6.07) is 10.8. The molecular formula is C23H27FN4O. The van der Waals surface area contributed by atoms with Crippen LogP contribution in [0.25, 0.3) is 0 Å². The molecule has 0 saturated carbocycles. The van der Waals surface area contributed by atoms with E-state index in [0.29, 0.717) is 12.0 Å². The van der Waals surface area contributed by atoms with Crippen LogP contribution in [0.1, 0.15) is 11.1 Å². The van der Waals surface area contributed by atoms with Crippen molar-refractivity contribution in [2.45, 2.75) is 19.4 Å². The molecule has 3 unspecified atom stereocenters. The van der Waals surface area contributed by atoms with Crippen LogP contribution >= 0.6 is 0 Å². The Morgan fingerprint density at radius 1 is 1.14 bits per heavy atom. The summed E-state index contributed by atoms with van der Waals surface area (Å²) in [5.74, 6) is 1.09. The molecule has 1 amide bonds. The van der Waals surface area contributed by atoms with Crippen LogP contribution in [0.4, 0.5) is 21.5 Å². The van der Waals surface area contributed by atoms with Crippen LogP contribution in [-0.4, -0.2) is 50.1 Å². The van der Waals surface area contributed by atoms with Gasteiger partial charge in [-0.25, -0.2) is 4.39 Å². The van der Waals surface area contributed by atoms with Gasteiger partial charge in [0.15, 0.2) is 0 Å². The first-order chi connectivity index (χ1) is 14.0. The van der Waals surface area contributed by atoms with E-state index in [1.807, 2.05) is 19.1 Å². The normalized spacial score (nSPS) is 25.6. The maximum Gasteiger partial charge on any atom is 0.247 e. The quantitative estimate of drug-likeness (QED) is 0.840. The van der Waals surface area contributed by atoms with Crippen molar-refractivity contribution < 1.29 is 9.18 Å². The molecule has 5 rings (SSSR count). The molecular weight excluding hydrogens is 367 g/mol. The van der Waals surface area contributed by atoms with E-state index in [2.05, 4.69) is 39.6 Å². The molecule has 3 aliphatic heterocycles. The minimum Gasteiger partial charge on any atom is -0.373 e. The molecule has 3 heterocycles. The third kappa shape index (κ3) is 3.35. The van der Waals surface area contributed by atoms with Gasteiger partial charge in [0.1, 0.15) is 11.9 Å². The first kappa shape index (κ1) is 18.4. The molecule has 2 N–H and O–H groups in total. The molecule has 5 nitrogen and oxygen atoms in total. The SMILES string of the molecule is Cc1ccc(F)c2c1NC(C(=O)Nc1cccc(N3CC4CN(C)CC4C3)c1)C2. The number of halogens is 1. The number of hydrogen-bond acceptors (Lipinski definition) is 4. The van der Waals surface area contributed by atoms with E-state index < -0.39 is 6.04 Å². The van der Waals surface area contributed by atoms with Crippen molar-refractivity contribution >= 4 is 23.0 Å². The first-order valence-electron chi connectivity index (χ1n) is 10.4. The summed E-state index contributed by atoms with van der Waals surface area (Å²) in [6.45, 7) is 6.41. The van der Waals surface area contributed by atoms with Gasteiger partial charge in [-0.2, -0.15) is 0 Å². The van der Waals surface area contributed by atoms with Crippen LogP contribution in [0.3, 0.4) is 0 Å². The van der Waals surface area contributed by atoms with Crippen LogP contribution in [-0.2, 0) is 11.2 Å². The monoisotopic (exact) mass is 394 g/mol. The van der Waals surface area contributed by atoms with Gasteiger partial charge in [-0.1, -0.05) is 12.1 Å². The Morgan fingerprint density at radius 3 is 2.62 bits per heavy atom. The standard InChI is InChI=1S/C23H27FN4O/c1-14-6-7-20(24)19-9-21(26-22(14)19)23(29)25-17-4-3-5-18(8-17)28-12-15-10-27(2)11-16(15)13-28/h3-8,15-16,21,26H,9-13H2,1-2H3,(H,25,29). The molecule has 0 aliphatic carbocycles. The van der Waals surface area contributed by atoms with E-state index in [9.17, 15) is 9.18 Å². The topological polar surface area (TPSA) is 47.6 Å². The highest BCUT2D eigenvalue weighted by Gasteiger charge is 2.38. The van der Waals surface area contributed by atoms with Crippen LogP contribution in [0, 0.1) is 24.6 Å². The van der Waals surface area contributed by atoms with Gasteiger partial charge in [0.25, 0.3) is 0 Å². The minimum absolute atomic E-state index is 0.128. The molecule has 29 heavy (non-hydrogen) atoms. The summed E-state index contributed by atoms with van der Waals surface area (Å²) in [6.07, 6.45) is 0.372. The molecule has 3 atom stereocenters. The van der Waals surface area contributed by atoms with Gasteiger partial charge >= 0.3 is 0 Å². The van der Waals surface area contributed by atoms with E-state index in [1.54, 1.807) is 6.07 Å². The van der Waals surface area contributed by atoms with Gasteiger partial charge in [-0.05, 0) is 55.6 Å². The second-order valence-electron chi connectivity index (χ2n) is 8.80. The van der Waals surface area contributed by atoms with Gasteiger partial charge in [-0.3, -0.25) is 4.79 Å². The largest absolute Gasteiger partial charge is 0.373 e. The highest BCUT2D eigenvalue weighted by atomic mass is 19.1. The van der Waals surface area contributed by atoms with Crippen LogP contribution in [0.5, 0.6) is 0 Å². The van der Waals surface area contributed by atoms with Gasteiger partial charge in [0.05, 0.1) is 0 Å². The van der Waals surface area contributed by atoms with Crippen molar-refractivity contribution in [3.63, 3.8) is 0 Å². The molecule has 3 aliphatic rings. The van der Waals surface area contributed by atoms with Gasteiger partial charge in [0.2, 0.25) is 5.91 Å². The van der Waals surface area contributed by atoms with E-state index >= 15 is 0 Å². The number of aryl methyl sites for hydroxylation is 1. The Labute approximate surface area is 170 Å². The highest BCUT2D eigenvalue weighted by molar-refractivity contribution is 5.98. The fourth-order valence-corrected chi connectivity index (χ4v) is 5.18. The second-order valence-corrected chi connectivity index (χ2v) is 8.80. The summed E-state index contributed by atoms with van der Waals surface area (Å²) in [7, 11) is 2.20. The van der Waals surface area contributed by atoms with Crippen molar-refractivity contribution in [3.8, 4) is 0 Å². The van der Waals surface area contributed by atoms with Crippen molar-refractivity contribution in [2.24, 2.45) is 11.8 Å². The molecule has 2 aromatic rings. The summed E-state index contributed by atoms with van der Waals surface area (Å²) in [4.78, 5) is 17.7. The number of likely N-dealkylation sites (tertiary alicyclic amines) is 1. The number of benzene rings is 2. The molecule has 2 fully saturated rings. The Bertz CT molecular complexity index is 917. The molecule has 6 heteroatoms. The fraction of sp³-hybridized carbons (Fsp3) is 0.435. The number of carbonyl (C=O) groups is 1. The van der Waals surface area contributed by atoms with Crippen molar-refractivity contribution in [1.29, 1.82) is 0 Å². The molecule has 0 aromatic heterocycles. The zero-order chi connectivity index (χ0) is 20.1. The predicted octanol–water partition coefficient (Wildman–Crippen LogP) is 3.11. The lowest BCUT2D eigenvalue weighted by molar-refractivity contribution is -0.116. The fourth-order valence-electron chi connectivity index (χ4n) is 5.18. The third-order valence-electron chi connectivity index (χ3n) is 6.66. The number of nitrogens with one attached hydrogen (secondary N) is 2. The van der Waals surface area contributed by atoms with E-state index in [4.69, 9.17) is 0 Å². The highest BCUT2D eigenvalue weighted by Crippen LogP contribution is 2.35. The van der Waals surface area contributed by atoms with Crippen molar-refractivity contribution in [1.82, 2.24) is 4.90 Å². The van der Waals surface area contributed by atoms with E-state index in [-0.39, 0.29) is 11.7 Å². The first-order valence-corrected chi connectivity index (χ1v) is 10.4. The Hall–Kier alpha value is -2.60. The molecule has 0 spiro atoms. The van der Waals surface area contributed by atoms with Crippen molar-refractivity contribution in [3.05, 3.63) is 53.3 Å². The number of hydrogen-bond donors (Lipinski definition) is 2. The minimum atomic E-state index is -0.453. The molecule has 2 saturated heterocycles. The number of nitrogens with zero attached hydrogens (tertiary/aromatic N) is 2. The number of fused-ring (bicyclic) bond motifs is 2. The Kier molecular flexibility index (Phi) is 4.46. The average molecular weight is 394 g/mol. The molecule has 0 bridgehead atoms. The Morgan fingerprint density at radius 2 is 1.90 bits per heavy atom. The summed E-state index contributed by atoms with van der Waals surface area (Å²) in [5, 5.41) is 6.22. The van der Waals surface area contributed by atoms with Crippen molar-refractivity contribution in [2.75, 3.05) is 48.8 Å². The zero-order valence-electron chi connectivity index (χ0n) is 16.9. The zero-order valence-corrected chi connectivity index (χ0v) is 16.9. The van der Waals surface area contributed by atoms with Gasteiger partial charge < -0.3 is 20.4 Å². The lowest BCUT2D eigenvalue weighted by Crippen LogP contribution is -2.33. The smallest absolute Gasteiger partial charge is 0.247 e.